The number of ether oxygens (including phenoxy) is 25. The van der Waals surface area contributed by atoms with Crippen LogP contribution < -0.4 is 20.7 Å². The van der Waals surface area contributed by atoms with E-state index in [4.69, 9.17) is 123 Å². The van der Waals surface area contributed by atoms with Crippen molar-refractivity contribution >= 4 is 57.8 Å². The van der Waals surface area contributed by atoms with E-state index in [2.05, 4.69) is 16.0 Å². The standard InChI is InChI=1S/C84H138N4O35S/c1-68-65-75(72-10-11-73-76(124(95,96)97)66-69(2)71-9-8-70(68)82(72)83(71)73)122-67-78(90)87-74(12-13-77(89)85-16-6-4-5-7-81(93)123-88-79(91)14-15-80(88)92)84(94)86-17-18-99-21-22-101-25-26-103-29-30-105-33-34-107-37-38-109-41-42-111-45-46-113-49-50-115-53-54-117-57-58-119-61-62-121-64-63-120-60-59-118-56-55-116-52-51-114-48-47-112-44-43-110-40-39-108-36-35-106-32-31-104-28-27-102-24-23-100-20-19-98-3/h8-11,65-66,73-74,83H,4-7,12-64,67H2,1-3H3,(H,85,89)(H,86,94)(H,87,90)(H,95,96,97)/p-1. The summed E-state index contributed by atoms with van der Waals surface area (Å²) in [7, 11) is -3.13. The first-order valence-electron chi connectivity index (χ1n) is 42.9. The van der Waals surface area contributed by atoms with Gasteiger partial charge in [-0.25, -0.2) is 13.2 Å². The second-order valence-electron chi connectivity index (χ2n) is 27.8. The summed E-state index contributed by atoms with van der Waals surface area (Å²) in [6.45, 7) is 24.3. The van der Waals surface area contributed by atoms with E-state index >= 15 is 0 Å². The first-order chi connectivity index (χ1) is 60.7. The molecule has 1 heterocycles. The minimum atomic E-state index is -4.77. The van der Waals surface area contributed by atoms with Crippen molar-refractivity contribution < 1.29 is 165 Å². The second kappa shape index (κ2) is 72.8. The van der Waals surface area contributed by atoms with E-state index in [1.807, 2.05) is 19.1 Å². The van der Waals surface area contributed by atoms with Crippen molar-refractivity contribution in [3.63, 3.8) is 0 Å². The van der Waals surface area contributed by atoms with Crippen LogP contribution in [0.1, 0.15) is 86.5 Å². The van der Waals surface area contributed by atoms with E-state index in [9.17, 15) is 41.7 Å². The highest BCUT2D eigenvalue weighted by Gasteiger charge is 2.41. The Kier molecular flexibility index (Phi) is 63.7. The molecular weight excluding hydrogens is 1660 g/mol. The van der Waals surface area contributed by atoms with E-state index in [-0.39, 0.29) is 75.8 Å². The highest BCUT2D eigenvalue weighted by molar-refractivity contribution is 7.89. The number of allylic oxidation sites excluding steroid dienone is 6. The summed E-state index contributed by atoms with van der Waals surface area (Å²) in [5.74, 6) is -4.26. The smallest absolute Gasteiger partial charge is 0.333 e. The summed E-state index contributed by atoms with van der Waals surface area (Å²) in [6, 6.07) is 0.623. The summed E-state index contributed by atoms with van der Waals surface area (Å²) < 4.78 is 175. The Hall–Kier alpha value is -6.05. The van der Waals surface area contributed by atoms with Crippen molar-refractivity contribution in [2.75, 3.05) is 337 Å². The fourth-order valence-corrected chi connectivity index (χ4v) is 13.0. The summed E-state index contributed by atoms with van der Waals surface area (Å²) in [6.07, 6.45) is 9.87. The first-order valence-corrected chi connectivity index (χ1v) is 44.3. The number of carbonyl (C=O) groups is 6. The van der Waals surface area contributed by atoms with E-state index in [0.717, 1.165) is 22.3 Å². The molecule has 1 fully saturated rings. The molecule has 0 radical (unpaired) electrons. The van der Waals surface area contributed by atoms with Gasteiger partial charge in [0.2, 0.25) is 11.8 Å². The van der Waals surface area contributed by atoms with Crippen molar-refractivity contribution in [1.82, 2.24) is 21.0 Å². The first kappa shape index (κ1) is 108. The Morgan fingerprint density at radius 1 is 0.427 bits per heavy atom. The number of rotatable bonds is 88. The molecule has 0 spiro atoms. The molecule has 0 aromatic heterocycles. The number of benzene rings is 1. The van der Waals surface area contributed by atoms with Crippen molar-refractivity contribution in [2.45, 2.75) is 77.2 Å². The van der Waals surface area contributed by atoms with Gasteiger partial charge in [-0.05, 0) is 73.1 Å². The van der Waals surface area contributed by atoms with Crippen LogP contribution in [-0.2, 0) is 157 Å². The molecule has 1 aliphatic heterocycles. The lowest BCUT2D eigenvalue weighted by atomic mass is 9.67. The van der Waals surface area contributed by atoms with E-state index in [0.29, 0.717) is 332 Å². The third kappa shape index (κ3) is 51.8. The molecule has 5 rings (SSSR count). The molecule has 1 aromatic rings. The van der Waals surface area contributed by atoms with E-state index in [1.54, 1.807) is 32.3 Å². The van der Waals surface area contributed by atoms with Crippen LogP contribution in [-0.4, -0.2) is 397 Å². The Morgan fingerprint density at radius 2 is 0.782 bits per heavy atom. The van der Waals surface area contributed by atoms with Gasteiger partial charge in [0, 0.05) is 68.2 Å². The molecule has 3 N–H and O–H groups in total. The molecule has 3 unspecified atom stereocenters. The van der Waals surface area contributed by atoms with Gasteiger partial charge >= 0.3 is 5.97 Å². The minimum absolute atomic E-state index is 0.00606. The second-order valence-corrected chi connectivity index (χ2v) is 29.2. The molecule has 1 aromatic carbocycles. The van der Waals surface area contributed by atoms with Gasteiger partial charge in [0.15, 0.2) is 6.61 Å². The maximum atomic E-state index is 13.6. The monoisotopic (exact) mass is 1790 g/mol. The van der Waals surface area contributed by atoms with Crippen molar-refractivity contribution in [2.24, 2.45) is 5.92 Å². The number of hydrogen-bond donors (Lipinski definition) is 3. The van der Waals surface area contributed by atoms with Gasteiger partial charge in [-0.1, -0.05) is 30.7 Å². The number of aryl methyl sites for hydroxylation is 1. The molecule has 3 aliphatic carbocycles. The van der Waals surface area contributed by atoms with Gasteiger partial charge in [-0.3, -0.25) is 24.0 Å². The van der Waals surface area contributed by atoms with Crippen molar-refractivity contribution in [3.8, 4) is 5.75 Å². The summed E-state index contributed by atoms with van der Waals surface area (Å²) in [5, 5.41) is 8.75. The number of nitrogens with zero attached hydrogens (tertiary/aromatic N) is 1. The third-order valence-corrected chi connectivity index (χ3v) is 19.3. The molecule has 40 heteroatoms. The third-order valence-electron chi connectivity index (χ3n) is 18.4. The molecule has 1 saturated heterocycles. The van der Waals surface area contributed by atoms with Crippen LogP contribution in [0.4, 0.5) is 0 Å². The molecule has 124 heavy (non-hydrogen) atoms. The predicted octanol–water partition coefficient (Wildman–Crippen LogP) is 2.58. The number of unbranched alkanes of at least 4 members (excludes halogenated alkanes) is 2. The zero-order valence-corrected chi connectivity index (χ0v) is 73.7. The van der Waals surface area contributed by atoms with Gasteiger partial charge in [0.1, 0.15) is 21.9 Å². The number of hydrogen-bond acceptors (Lipinski definition) is 35. The van der Waals surface area contributed by atoms with Crippen LogP contribution in [0.25, 0.3) is 12.2 Å². The normalized spacial score (nSPS) is 15.0. The molecule has 39 nitrogen and oxygen atoms in total. The van der Waals surface area contributed by atoms with Crippen LogP contribution >= 0.6 is 0 Å². The van der Waals surface area contributed by atoms with E-state index in [1.165, 1.54) is 6.08 Å². The van der Waals surface area contributed by atoms with Crippen molar-refractivity contribution in [3.05, 3.63) is 62.6 Å². The van der Waals surface area contributed by atoms with Crippen molar-refractivity contribution in [1.29, 1.82) is 0 Å². The van der Waals surface area contributed by atoms with Crippen LogP contribution in [0.5, 0.6) is 5.75 Å². The SMILES string of the molecule is COCCOCCOCCOCCOCCOCCOCCOCCOCCOCCOCCOCCOCCOCCOCCOCCOCCOCCOCCOCCOCCOCCOCCOCCNC(=O)C(CCC(=O)NCCCCCC(=O)ON1C(=O)CCC1=O)NC(=O)COc1cc(C)c2c3c1C=CC1C(S(=O)(=O)[O-])=CC(C)=C(C=C2)C31. The Morgan fingerprint density at radius 3 is 1.14 bits per heavy atom. The Bertz CT molecular complexity index is 3260. The lowest BCUT2D eigenvalue weighted by Crippen LogP contribution is -2.49. The van der Waals surface area contributed by atoms with Crippen LogP contribution in [0.2, 0.25) is 0 Å². The molecule has 4 aliphatic rings. The number of amides is 5. The molecule has 5 amide bonds. The average molecular weight is 1800 g/mol. The highest BCUT2D eigenvalue weighted by atomic mass is 32.2. The summed E-state index contributed by atoms with van der Waals surface area (Å²) in [4.78, 5) is 80.6. The van der Waals surface area contributed by atoms with Gasteiger partial charge in [0.05, 0.1) is 311 Å². The van der Waals surface area contributed by atoms with Crippen LogP contribution in [0.3, 0.4) is 0 Å². The maximum Gasteiger partial charge on any atom is 0.333 e. The molecule has 0 bridgehead atoms. The number of methoxy groups -OCH3 is 1. The summed E-state index contributed by atoms with van der Waals surface area (Å²) in [5.41, 5.74) is 4.61. The largest absolute Gasteiger partial charge is 0.744 e. The molecule has 3 atom stereocenters. The zero-order valence-electron chi connectivity index (χ0n) is 72.9. The van der Waals surface area contributed by atoms with Gasteiger partial charge in [0.25, 0.3) is 17.7 Å². The fourth-order valence-electron chi connectivity index (χ4n) is 12.1. The number of imide groups is 1. The lowest BCUT2D eigenvalue weighted by molar-refractivity contribution is -0.197. The highest BCUT2D eigenvalue weighted by Crippen LogP contribution is 2.54. The summed E-state index contributed by atoms with van der Waals surface area (Å²) >= 11 is 0. The maximum absolute atomic E-state index is 13.6. The number of hydroxylamine groups is 2. The molecular formula is C84H137N4O35S-. The van der Waals surface area contributed by atoms with Crippen LogP contribution in [0.15, 0.2) is 40.3 Å². The average Bonchev–Trinajstić information content (AvgIpc) is 0.766. The molecule has 0 saturated carbocycles. The number of carbonyl (C=O) groups excluding carboxylic acids is 6. The topological polar surface area (TPSA) is 439 Å². The van der Waals surface area contributed by atoms with Crippen LogP contribution in [0, 0.1) is 12.8 Å². The van der Waals surface area contributed by atoms with Gasteiger partial charge in [-0.2, -0.15) is 0 Å². The van der Waals surface area contributed by atoms with Gasteiger partial charge < -0.3 is 144 Å². The van der Waals surface area contributed by atoms with Gasteiger partial charge in [-0.15, -0.1) is 5.06 Å². The van der Waals surface area contributed by atoms with E-state index < -0.39 is 64.2 Å². The number of nitrogens with one attached hydrogen (secondary N) is 3. The Balaban J connectivity index is 0.714. The zero-order chi connectivity index (χ0) is 88.7. The quantitative estimate of drug-likeness (QED) is 0.0479. The lowest BCUT2D eigenvalue weighted by Gasteiger charge is -2.40. The Labute approximate surface area is 729 Å². The predicted molar refractivity (Wildman–Crippen MR) is 445 cm³/mol. The fraction of sp³-hybridized carbons (Fsp3) is 0.762. The molecule has 710 valence electrons. The minimum Gasteiger partial charge on any atom is -0.744 e.